The van der Waals surface area contributed by atoms with Crippen molar-refractivity contribution in [1.29, 1.82) is 5.26 Å². The smallest absolute Gasteiger partial charge is 0.417 e. The molecule has 1 N–H and O–H groups in total. The standard InChI is InChI=1S/C42H45F6N7O5S/c1-39(2,3)59-37(56)52-35-26(16-49)29-24(10-11-28(44)33(29)61-35)30-27(42(46,47)48)14-25-32(31(30)45)50-36(58-20-41-12-7-13-54(41)17-21(43)15-41)51-34(25)53-18-22-8-9-23(19-53)55(22)38(57)60-40(4,5)6/h10-11,14,21-23H,7-9,12-13,15,17-20H2,1-6H3,(H,52,56)/t21-,22?,23?,41+/m1/s1. The Bertz CT molecular complexity index is 2470. The van der Waals surface area contributed by atoms with Gasteiger partial charge in [-0.25, -0.2) is 22.8 Å². The third kappa shape index (κ3) is 7.97. The molecule has 2 unspecified atom stereocenters. The Morgan fingerprint density at radius 1 is 1.02 bits per heavy atom. The highest BCUT2D eigenvalue weighted by atomic mass is 32.1. The summed E-state index contributed by atoms with van der Waals surface area (Å²) in [6.45, 7) is 11.1. The largest absolute Gasteiger partial charge is 0.461 e. The lowest BCUT2D eigenvalue weighted by Crippen LogP contribution is -2.57. The third-order valence-corrected chi connectivity index (χ3v) is 12.7. The van der Waals surface area contributed by atoms with Gasteiger partial charge in [-0.2, -0.15) is 28.4 Å². The first-order chi connectivity index (χ1) is 28.6. The molecule has 2 bridgehead atoms. The molecule has 2 amide bonds. The van der Waals surface area contributed by atoms with Crippen LogP contribution in [-0.4, -0.2) is 99.7 Å². The molecule has 12 nitrogen and oxygen atoms in total. The second kappa shape index (κ2) is 15.1. The van der Waals surface area contributed by atoms with Crippen LogP contribution >= 0.6 is 11.3 Å². The molecule has 2 aromatic carbocycles. The second-order valence-electron chi connectivity index (χ2n) is 18.2. The summed E-state index contributed by atoms with van der Waals surface area (Å²) in [5, 5.41) is 11.8. The number of nitriles is 1. The van der Waals surface area contributed by atoms with E-state index in [1.54, 1.807) is 51.3 Å². The molecule has 0 saturated carbocycles. The number of fused-ring (bicyclic) bond motifs is 5. The van der Waals surface area contributed by atoms with Gasteiger partial charge in [-0.1, -0.05) is 6.07 Å². The molecule has 2 aromatic heterocycles. The van der Waals surface area contributed by atoms with Crippen molar-refractivity contribution < 1.29 is 50.1 Å². The summed E-state index contributed by atoms with van der Waals surface area (Å²) >= 11 is 0.589. The minimum Gasteiger partial charge on any atom is -0.461 e. The summed E-state index contributed by atoms with van der Waals surface area (Å²) in [4.78, 5) is 40.4. The maximum Gasteiger partial charge on any atom is 0.417 e. The van der Waals surface area contributed by atoms with Crippen molar-refractivity contribution in [2.45, 2.75) is 115 Å². The number of carbonyl (C=O) groups is 2. The molecule has 6 heterocycles. The fourth-order valence-electron chi connectivity index (χ4n) is 9.29. The van der Waals surface area contributed by atoms with Gasteiger partial charge in [0.1, 0.15) is 52.2 Å². The number of nitrogens with zero attached hydrogens (tertiary/aromatic N) is 6. The van der Waals surface area contributed by atoms with Crippen LogP contribution in [0.3, 0.4) is 0 Å². The Morgan fingerprint density at radius 3 is 2.34 bits per heavy atom. The van der Waals surface area contributed by atoms with E-state index in [0.29, 0.717) is 37.1 Å². The van der Waals surface area contributed by atoms with Crippen LogP contribution in [0.1, 0.15) is 84.8 Å². The lowest BCUT2D eigenvalue weighted by molar-refractivity contribution is -0.137. The van der Waals surface area contributed by atoms with Crippen LogP contribution in [0, 0.1) is 23.0 Å². The fraction of sp³-hybridized carbons (Fsp3) is 0.548. The number of hydrogen-bond donors (Lipinski definition) is 1. The number of halogens is 6. The monoisotopic (exact) mass is 873 g/mol. The molecule has 326 valence electrons. The lowest BCUT2D eigenvalue weighted by Gasteiger charge is -2.42. The number of hydrogen-bond acceptors (Lipinski definition) is 11. The molecule has 8 rings (SSSR count). The lowest BCUT2D eigenvalue weighted by atomic mass is 9.92. The van der Waals surface area contributed by atoms with Gasteiger partial charge in [0.2, 0.25) is 0 Å². The highest BCUT2D eigenvalue weighted by Gasteiger charge is 2.50. The van der Waals surface area contributed by atoms with Crippen LogP contribution < -0.4 is 15.0 Å². The van der Waals surface area contributed by atoms with Gasteiger partial charge in [-0.15, -0.1) is 11.3 Å². The first-order valence-electron chi connectivity index (χ1n) is 20.1. The van der Waals surface area contributed by atoms with Crippen molar-refractivity contribution in [1.82, 2.24) is 19.8 Å². The summed E-state index contributed by atoms with van der Waals surface area (Å²) in [6, 6.07) is 3.26. The predicted molar refractivity (Wildman–Crippen MR) is 215 cm³/mol. The molecule has 19 heteroatoms. The van der Waals surface area contributed by atoms with Gasteiger partial charge in [-0.3, -0.25) is 15.1 Å². The zero-order valence-corrected chi connectivity index (χ0v) is 35.3. The second-order valence-corrected chi connectivity index (χ2v) is 19.2. The summed E-state index contributed by atoms with van der Waals surface area (Å²) in [6.07, 6.45) is -5.02. The van der Waals surface area contributed by atoms with E-state index in [-0.39, 0.29) is 65.0 Å². The van der Waals surface area contributed by atoms with Crippen molar-refractivity contribution in [3.05, 3.63) is 41.0 Å². The molecule has 4 fully saturated rings. The zero-order valence-electron chi connectivity index (χ0n) is 34.4. The van der Waals surface area contributed by atoms with E-state index in [9.17, 15) is 19.2 Å². The molecular weight excluding hydrogens is 829 g/mol. The van der Waals surface area contributed by atoms with Gasteiger partial charge < -0.3 is 19.1 Å². The average molecular weight is 874 g/mol. The molecule has 0 spiro atoms. The number of thiophene rings is 1. The van der Waals surface area contributed by atoms with Gasteiger partial charge in [0.25, 0.3) is 0 Å². The highest BCUT2D eigenvalue weighted by molar-refractivity contribution is 7.23. The Labute approximate surface area is 351 Å². The molecule has 4 aliphatic heterocycles. The minimum atomic E-state index is -5.21. The number of amides is 2. The average Bonchev–Trinajstić information content (AvgIpc) is 3.87. The Morgan fingerprint density at radius 2 is 1.70 bits per heavy atom. The van der Waals surface area contributed by atoms with E-state index in [2.05, 4.69) is 15.3 Å². The number of aromatic nitrogens is 2. The molecular formula is C42H45F6N7O5S. The van der Waals surface area contributed by atoms with Gasteiger partial charge in [0.05, 0.1) is 33.4 Å². The number of carbonyl (C=O) groups excluding carboxylic acids is 2. The first kappa shape index (κ1) is 42.6. The van der Waals surface area contributed by atoms with Gasteiger partial charge >= 0.3 is 24.4 Å². The highest BCUT2D eigenvalue weighted by Crippen LogP contribution is 2.49. The number of piperazine rings is 1. The number of benzene rings is 2. The molecule has 0 radical (unpaired) electrons. The topological polar surface area (TPSA) is 133 Å². The summed E-state index contributed by atoms with van der Waals surface area (Å²) < 4.78 is 111. The van der Waals surface area contributed by atoms with E-state index in [4.69, 9.17) is 14.2 Å². The maximum absolute atomic E-state index is 17.6. The summed E-state index contributed by atoms with van der Waals surface area (Å²) in [5.74, 6) is -2.42. The molecule has 4 saturated heterocycles. The van der Waals surface area contributed by atoms with E-state index < -0.39 is 92.8 Å². The van der Waals surface area contributed by atoms with Gasteiger partial charge in [0.15, 0.2) is 5.82 Å². The first-order valence-corrected chi connectivity index (χ1v) is 20.9. The molecule has 0 aliphatic carbocycles. The predicted octanol–water partition coefficient (Wildman–Crippen LogP) is 9.57. The normalized spacial score (nSPS) is 23.1. The molecule has 4 atom stereocenters. The van der Waals surface area contributed by atoms with E-state index in [0.717, 1.165) is 24.6 Å². The Balaban J connectivity index is 1.29. The molecule has 4 aromatic rings. The van der Waals surface area contributed by atoms with E-state index >= 15 is 22.0 Å². The maximum atomic E-state index is 17.6. The zero-order chi connectivity index (χ0) is 44.0. The summed E-state index contributed by atoms with van der Waals surface area (Å²) in [7, 11) is 0. The quantitative estimate of drug-likeness (QED) is 0.187. The van der Waals surface area contributed by atoms with Crippen LogP contribution in [-0.2, 0) is 15.7 Å². The Kier molecular flexibility index (Phi) is 10.5. The SMILES string of the molecule is CC(C)(C)OC(=O)Nc1sc2c(F)ccc(-c3c(C(F)(F)F)cc4c(N5CC6CCC(C5)N6C(=O)OC(C)(C)C)nc(OC[C@@]56CCCN5C[C@H](F)C6)nc4c3F)c2c1C#N. The fourth-order valence-corrected chi connectivity index (χ4v) is 10.4. The van der Waals surface area contributed by atoms with Crippen LogP contribution in [0.25, 0.3) is 32.1 Å². The van der Waals surface area contributed by atoms with Crippen LogP contribution in [0.5, 0.6) is 6.01 Å². The van der Waals surface area contributed by atoms with E-state index in [1.165, 1.54) is 0 Å². The Hall–Kier alpha value is -5.09. The number of anilines is 2. The molecule has 4 aliphatic rings. The van der Waals surface area contributed by atoms with Crippen molar-refractivity contribution in [3.63, 3.8) is 0 Å². The van der Waals surface area contributed by atoms with Crippen LogP contribution in [0.2, 0.25) is 0 Å². The van der Waals surface area contributed by atoms with E-state index in [1.807, 2.05) is 11.0 Å². The number of rotatable bonds is 6. The third-order valence-electron chi connectivity index (χ3n) is 11.6. The van der Waals surface area contributed by atoms with Crippen LogP contribution in [0.4, 0.5) is 46.8 Å². The van der Waals surface area contributed by atoms with Crippen molar-refractivity contribution >= 4 is 55.3 Å². The number of nitrogens with one attached hydrogen (secondary N) is 1. The van der Waals surface area contributed by atoms with Crippen molar-refractivity contribution in [3.8, 4) is 23.2 Å². The summed E-state index contributed by atoms with van der Waals surface area (Å²) in [5.41, 5.74) is -6.28. The van der Waals surface area contributed by atoms with Crippen LogP contribution in [0.15, 0.2) is 18.2 Å². The van der Waals surface area contributed by atoms with Crippen molar-refractivity contribution in [2.75, 3.05) is 43.0 Å². The number of ether oxygens (including phenoxy) is 3. The van der Waals surface area contributed by atoms with Gasteiger partial charge in [-0.05, 0) is 91.5 Å². The van der Waals surface area contributed by atoms with Gasteiger partial charge in [0, 0.05) is 42.4 Å². The molecule has 61 heavy (non-hydrogen) atoms. The minimum absolute atomic E-state index is 0.0579. The van der Waals surface area contributed by atoms with Crippen molar-refractivity contribution in [2.24, 2.45) is 0 Å². The number of alkyl halides is 4.